The molecule has 0 spiro atoms. The second-order valence-electron chi connectivity index (χ2n) is 9.63. The van der Waals surface area contributed by atoms with Crippen LogP contribution in [0.5, 0.6) is 5.75 Å². The van der Waals surface area contributed by atoms with E-state index in [0.717, 1.165) is 11.8 Å². The average molecular weight is 471 g/mol. The van der Waals surface area contributed by atoms with E-state index in [-0.39, 0.29) is 11.5 Å². The molecule has 1 heterocycles. The first-order valence-electron chi connectivity index (χ1n) is 10.8. The fourth-order valence-corrected chi connectivity index (χ4v) is 5.04. The number of pyridine rings is 1. The zero-order valence-electron chi connectivity index (χ0n) is 18.8. The summed E-state index contributed by atoms with van der Waals surface area (Å²) in [6.07, 6.45) is 2.48. The number of H-pyrrole nitrogens is 1. The third-order valence-corrected chi connectivity index (χ3v) is 7.69. The quantitative estimate of drug-likeness (QED) is 0.528. The summed E-state index contributed by atoms with van der Waals surface area (Å²) in [7, 11) is -1.30. The minimum atomic E-state index is -1.30. The van der Waals surface area contributed by atoms with E-state index in [1.165, 1.54) is 0 Å². The zero-order valence-corrected chi connectivity index (χ0v) is 20.4. The molecule has 8 heteroatoms. The van der Waals surface area contributed by atoms with Gasteiger partial charge in [-0.2, -0.15) is 0 Å². The Hall–Kier alpha value is -1.44. The highest BCUT2D eigenvalue weighted by atomic mass is 35.5. The number of ether oxygens (including phenoxy) is 1. The molecule has 1 fully saturated rings. The molecule has 1 aliphatic carbocycles. The van der Waals surface area contributed by atoms with Gasteiger partial charge in [-0.1, -0.05) is 24.9 Å². The highest BCUT2D eigenvalue weighted by Crippen LogP contribution is 2.44. The fourth-order valence-electron chi connectivity index (χ4n) is 4.01. The summed E-state index contributed by atoms with van der Waals surface area (Å²) in [5.41, 5.74) is -0.206. The van der Waals surface area contributed by atoms with Gasteiger partial charge in [-0.05, 0) is 65.0 Å². The van der Waals surface area contributed by atoms with Gasteiger partial charge in [0.25, 0.3) is 5.56 Å². The van der Waals surface area contributed by atoms with Gasteiger partial charge in [0.1, 0.15) is 11.4 Å². The Bertz CT molecular complexity index is 1030. The average Bonchev–Trinajstić information content (AvgIpc) is 2.64. The number of fused-ring (bicyclic) bond motifs is 1. The van der Waals surface area contributed by atoms with E-state index in [1.807, 2.05) is 27.7 Å². The molecular formula is C23H32ClFN2O3S. The topological polar surface area (TPSA) is 71.2 Å². The number of halogens is 2. The van der Waals surface area contributed by atoms with Crippen molar-refractivity contribution in [2.45, 2.75) is 76.8 Å². The van der Waals surface area contributed by atoms with Crippen molar-refractivity contribution >= 4 is 33.5 Å². The van der Waals surface area contributed by atoms with Gasteiger partial charge in [0.05, 0.1) is 32.9 Å². The van der Waals surface area contributed by atoms with Gasteiger partial charge in [-0.3, -0.25) is 4.79 Å². The number of nitrogens with one attached hydrogen (secondary N) is 2. The van der Waals surface area contributed by atoms with Crippen LogP contribution in [-0.4, -0.2) is 26.2 Å². The monoisotopic (exact) mass is 470 g/mol. The highest BCUT2D eigenvalue weighted by molar-refractivity contribution is 7.84. The summed E-state index contributed by atoms with van der Waals surface area (Å²) in [5, 5.41) is 1.19. The van der Waals surface area contributed by atoms with Gasteiger partial charge in [0.2, 0.25) is 0 Å². The largest absolute Gasteiger partial charge is 0.492 e. The molecule has 2 unspecified atom stereocenters. The summed E-state index contributed by atoms with van der Waals surface area (Å²) >= 11 is 6.41. The van der Waals surface area contributed by atoms with Crippen molar-refractivity contribution in [2.24, 2.45) is 5.92 Å². The van der Waals surface area contributed by atoms with Gasteiger partial charge < -0.3 is 9.72 Å². The predicted octanol–water partition coefficient (Wildman–Crippen LogP) is 5.59. The Kier molecular flexibility index (Phi) is 7.18. The normalized spacial score (nSPS) is 23.4. The second kappa shape index (κ2) is 9.20. The molecule has 1 saturated carbocycles. The molecule has 1 aromatic carbocycles. The van der Waals surface area contributed by atoms with Gasteiger partial charge >= 0.3 is 0 Å². The summed E-state index contributed by atoms with van der Waals surface area (Å²) in [6.45, 7) is 9.82. The molecular weight excluding hydrogens is 439 g/mol. The van der Waals surface area contributed by atoms with Gasteiger partial charge in [-0.25, -0.2) is 13.3 Å². The van der Waals surface area contributed by atoms with E-state index < -0.39 is 27.4 Å². The van der Waals surface area contributed by atoms with Crippen molar-refractivity contribution in [1.82, 2.24) is 9.71 Å². The lowest BCUT2D eigenvalue weighted by atomic mass is 9.70. The second-order valence-corrected chi connectivity index (χ2v) is 12.0. The molecule has 3 rings (SSSR count). The molecule has 2 aromatic rings. The van der Waals surface area contributed by atoms with Crippen molar-refractivity contribution in [3.63, 3.8) is 0 Å². The number of alkyl halides is 1. The van der Waals surface area contributed by atoms with E-state index >= 15 is 0 Å². The van der Waals surface area contributed by atoms with Crippen LogP contribution < -0.4 is 15.0 Å². The Balaban J connectivity index is 1.74. The molecule has 5 nitrogen and oxygen atoms in total. The lowest BCUT2D eigenvalue weighted by Crippen LogP contribution is -2.42. The van der Waals surface area contributed by atoms with Gasteiger partial charge in [-0.15, -0.1) is 0 Å². The van der Waals surface area contributed by atoms with Crippen molar-refractivity contribution in [1.29, 1.82) is 0 Å². The van der Waals surface area contributed by atoms with Gasteiger partial charge in [0.15, 0.2) is 0 Å². The fraction of sp³-hybridized carbons (Fsp3) is 0.609. The first kappa shape index (κ1) is 24.2. The van der Waals surface area contributed by atoms with Crippen LogP contribution >= 0.6 is 11.6 Å². The van der Waals surface area contributed by atoms with Crippen molar-refractivity contribution in [3.8, 4) is 5.75 Å². The molecule has 0 saturated heterocycles. The standard InChI is InChI=1S/C23H32ClFN2O3S/c1-6-7-23(25)11-15(12-23)13-30-20-10-19-16(9-18(20)24)8-17(21(28)26-19)14(2)27-31(29)22(3,4)5/h8-10,14-15,27H,6-7,11-13H2,1-5H3,(H,26,28). The third-order valence-electron chi connectivity index (χ3n) is 5.71. The lowest BCUT2D eigenvalue weighted by molar-refractivity contribution is -0.0200. The van der Waals surface area contributed by atoms with E-state index in [4.69, 9.17) is 16.3 Å². The molecule has 2 N–H and O–H groups in total. The number of hydrogen-bond donors (Lipinski definition) is 2. The molecule has 0 amide bonds. The van der Waals surface area contributed by atoms with Crippen molar-refractivity contribution in [2.75, 3.05) is 6.61 Å². The SMILES string of the molecule is CCCC1(F)CC(COc2cc3[nH]c(=O)c(C(C)NS(=O)C(C)(C)C)cc3cc2Cl)C1. The van der Waals surface area contributed by atoms with Crippen LogP contribution in [0.15, 0.2) is 23.0 Å². The van der Waals surface area contributed by atoms with E-state index in [0.29, 0.717) is 47.7 Å². The number of benzene rings is 1. The lowest BCUT2D eigenvalue weighted by Gasteiger charge is -2.41. The maximum atomic E-state index is 14.3. The Morgan fingerprint density at radius 3 is 2.65 bits per heavy atom. The van der Waals surface area contributed by atoms with Crippen LogP contribution in [0.1, 0.15) is 71.9 Å². The summed E-state index contributed by atoms with van der Waals surface area (Å²) < 4.78 is 35.1. The van der Waals surface area contributed by atoms with Crippen molar-refractivity contribution in [3.05, 3.63) is 39.1 Å². The minimum absolute atomic E-state index is 0.181. The third kappa shape index (κ3) is 5.68. The van der Waals surface area contributed by atoms with Crippen LogP contribution in [-0.2, 0) is 11.0 Å². The van der Waals surface area contributed by atoms with E-state index in [1.54, 1.807) is 25.1 Å². The first-order valence-corrected chi connectivity index (χ1v) is 12.3. The summed E-state index contributed by atoms with van der Waals surface area (Å²) in [6, 6.07) is 4.82. The molecule has 0 bridgehead atoms. The van der Waals surface area contributed by atoms with Crippen LogP contribution in [0, 0.1) is 5.92 Å². The summed E-state index contributed by atoms with van der Waals surface area (Å²) in [5.74, 6) is 0.657. The molecule has 0 aliphatic heterocycles. The van der Waals surface area contributed by atoms with E-state index in [2.05, 4.69) is 9.71 Å². The molecule has 0 radical (unpaired) electrons. The van der Waals surface area contributed by atoms with Crippen LogP contribution in [0.3, 0.4) is 0 Å². The number of aromatic nitrogens is 1. The molecule has 31 heavy (non-hydrogen) atoms. The van der Waals surface area contributed by atoms with Crippen LogP contribution in [0.4, 0.5) is 4.39 Å². The summed E-state index contributed by atoms with van der Waals surface area (Å²) in [4.78, 5) is 15.5. The molecule has 2 atom stereocenters. The number of rotatable bonds is 8. The minimum Gasteiger partial charge on any atom is -0.492 e. The number of hydrogen-bond acceptors (Lipinski definition) is 3. The maximum absolute atomic E-state index is 14.3. The van der Waals surface area contributed by atoms with Crippen LogP contribution in [0.25, 0.3) is 10.9 Å². The smallest absolute Gasteiger partial charge is 0.253 e. The molecule has 1 aliphatic rings. The zero-order chi connectivity index (χ0) is 23.0. The predicted molar refractivity (Wildman–Crippen MR) is 126 cm³/mol. The van der Waals surface area contributed by atoms with Crippen LogP contribution in [0.2, 0.25) is 5.02 Å². The van der Waals surface area contributed by atoms with Gasteiger partial charge in [0, 0.05) is 23.1 Å². The maximum Gasteiger partial charge on any atom is 0.253 e. The molecule has 1 aromatic heterocycles. The Morgan fingerprint density at radius 1 is 1.35 bits per heavy atom. The van der Waals surface area contributed by atoms with E-state index in [9.17, 15) is 13.4 Å². The van der Waals surface area contributed by atoms with Crippen molar-refractivity contribution < 1.29 is 13.3 Å². The highest BCUT2D eigenvalue weighted by Gasteiger charge is 2.44. The number of aromatic amines is 1. The Labute approximate surface area is 190 Å². The Morgan fingerprint density at radius 2 is 2.03 bits per heavy atom. The first-order chi connectivity index (χ1) is 14.4. The molecule has 172 valence electrons.